The molecular formula is C25H30N2O7. The van der Waals surface area contributed by atoms with Crippen LogP contribution in [-0.2, 0) is 16.0 Å². The lowest BCUT2D eigenvalue weighted by molar-refractivity contribution is -0.148. The monoisotopic (exact) mass is 470 g/mol. The van der Waals surface area contributed by atoms with Gasteiger partial charge in [-0.15, -0.1) is 0 Å². The molecule has 1 aromatic rings. The highest BCUT2D eigenvalue weighted by Gasteiger charge is 2.63. The van der Waals surface area contributed by atoms with Crippen LogP contribution in [0.4, 0.5) is 0 Å². The quantitative estimate of drug-likeness (QED) is 0.362. The van der Waals surface area contributed by atoms with Crippen molar-refractivity contribution >= 4 is 17.5 Å². The van der Waals surface area contributed by atoms with Gasteiger partial charge in [-0.3, -0.25) is 19.3 Å². The topological polar surface area (TPSA) is 150 Å². The lowest BCUT2D eigenvalue weighted by Crippen LogP contribution is -2.63. The zero-order valence-electron chi connectivity index (χ0n) is 19.5. The van der Waals surface area contributed by atoms with E-state index in [1.54, 1.807) is 25.1 Å². The molecule has 9 heteroatoms. The van der Waals surface area contributed by atoms with Gasteiger partial charge in [-0.1, -0.05) is 25.5 Å². The van der Waals surface area contributed by atoms with Crippen molar-refractivity contribution in [2.24, 2.45) is 17.6 Å². The average Bonchev–Trinajstić information content (AvgIpc) is 2.76. The van der Waals surface area contributed by atoms with Gasteiger partial charge in [0, 0.05) is 11.5 Å². The zero-order chi connectivity index (χ0) is 24.9. The van der Waals surface area contributed by atoms with Crippen molar-refractivity contribution in [3.63, 3.8) is 0 Å². The number of nitrogens with zero attached hydrogens (tertiary/aromatic N) is 1. The molecule has 0 spiro atoms. The van der Waals surface area contributed by atoms with Gasteiger partial charge in [-0.05, 0) is 50.9 Å². The van der Waals surface area contributed by atoms with Crippen LogP contribution in [0.25, 0.3) is 0 Å². The van der Waals surface area contributed by atoms with Crippen LogP contribution in [0.3, 0.4) is 0 Å². The fourth-order valence-corrected chi connectivity index (χ4v) is 5.62. The minimum atomic E-state index is -2.57. The van der Waals surface area contributed by atoms with Crippen LogP contribution in [0, 0.1) is 11.8 Å². The molecule has 0 bridgehead atoms. The summed E-state index contributed by atoms with van der Waals surface area (Å²) in [6, 6.07) is 4.35. The maximum atomic E-state index is 13.6. The maximum absolute atomic E-state index is 13.6. The summed E-state index contributed by atoms with van der Waals surface area (Å²) in [6.07, 6.45) is 2.25. The Labute approximate surface area is 197 Å². The Bertz CT molecular complexity index is 1140. The van der Waals surface area contributed by atoms with Gasteiger partial charge in [-0.25, -0.2) is 0 Å². The van der Waals surface area contributed by atoms with Crippen molar-refractivity contribution < 1.29 is 34.4 Å². The van der Waals surface area contributed by atoms with Crippen LogP contribution >= 0.6 is 0 Å². The molecule has 3 aliphatic rings. The summed E-state index contributed by atoms with van der Waals surface area (Å²) < 4.78 is 5.83. The second-order valence-electron chi connectivity index (χ2n) is 9.46. The number of nitrogens with two attached hydrogens (primary N) is 1. The highest BCUT2D eigenvalue weighted by Crippen LogP contribution is 2.52. The highest BCUT2D eigenvalue weighted by atomic mass is 16.5. The Morgan fingerprint density at radius 1 is 1.26 bits per heavy atom. The summed E-state index contributed by atoms with van der Waals surface area (Å²) in [5.41, 5.74) is 3.01. The number of aliphatic hydroxyl groups is 3. The Kier molecular flexibility index (Phi) is 6.03. The van der Waals surface area contributed by atoms with Gasteiger partial charge >= 0.3 is 0 Å². The molecule has 4 unspecified atom stereocenters. The highest BCUT2D eigenvalue weighted by molar-refractivity contribution is 6.24. The number of amides is 1. The van der Waals surface area contributed by atoms with Crippen molar-refractivity contribution in [2.75, 3.05) is 20.7 Å². The molecular weight excluding hydrogens is 440 g/mol. The SMILES string of the molecule is CCCCOc1cccc2c1C(=O)C1=C(O)C3(O)C(=O)C(C(N)=O)=C(O)C(N(C)C)C3CC1C2. The molecule has 0 radical (unpaired) electrons. The second-order valence-corrected chi connectivity index (χ2v) is 9.46. The standard InChI is InChI=1S/C25H30N2O7/c1-4-5-9-34-15-8-6-7-12-10-13-11-14-19(27(2)3)21(29)18(24(26)32)23(31)25(14,33)22(30)17(13)20(28)16(12)15/h6-8,13-14,19,29-30,33H,4-5,9-11H2,1-3H3,(H2,26,32). The first-order chi connectivity index (χ1) is 16.0. The van der Waals surface area contributed by atoms with Crippen molar-refractivity contribution in [3.05, 3.63) is 52.0 Å². The Balaban J connectivity index is 1.87. The molecule has 5 N–H and O–H groups in total. The minimum Gasteiger partial charge on any atom is -0.510 e. The number of fused-ring (bicyclic) bond motifs is 3. The first-order valence-electron chi connectivity index (χ1n) is 11.4. The predicted molar refractivity (Wildman–Crippen MR) is 122 cm³/mol. The summed E-state index contributed by atoms with van der Waals surface area (Å²) in [6.45, 7) is 2.45. The molecule has 34 heavy (non-hydrogen) atoms. The number of rotatable bonds is 6. The van der Waals surface area contributed by atoms with Gasteiger partial charge in [0.2, 0.25) is 5.78 Å². The normalized spacial score (nSPS) is 28.6. The number of allylic oxidation sites excluding steroid dienone is 1. The molecule has 182 valence electrons. The van der Waals surface area contributed by atoms with Gasteiger partial charge in [0.25, 0.3) is 5.91 Å². The molecule has 0 saturated heterocycles. The van der Waals surface area contributed by atoms with E-state index in [2.05, 4.69) is 0 Å². The Morgan fingerprint density at radius 2 is 1.97 bits per heavy atom. The molecule has 4 rings (SSSR count). The number of hydrogen-bond donors (Lipinski definition) is 4. The predicted octanol–water partition coefficient (Wildman–Crippen LogP) is 1.59. The molecule has 1 aromatic carbocycles. The number of ketones is 2. The Hall–Kier alpha value is -3.17. The summed E-state index contributed by atoms with van der Waals surface area (Å²) in [5, 5.41) is 33.6. The third-order valence-corrected chi connectivity index (χ3v) is 7.20. The van der Waals surface area contributed by atoms with E-state index in [1.807, 2.05) is 19.1 Å². The fourth-order valence-electron chi connectivity index (χ4n) is 5.62. The van der Waals surface area contributed by atoms with E-state index >= 15 is 0 Å². The molecule has 4 atom stereocenters. The molecule has 0 saturated carbocycles. The lowest BCUT2D eigenvalue weighted by Gasteiger charge is -2.50. The van der Waals surface area contributed by atoms with Crippen LogP contribution in [-0.4, -0.2) is 70.0 Å². The van der Waals surface area contributed by atoms with E-state index in [0.717, 1.165) is 18.4 Å². The number of Topliss-reactive ketones (excluding diaryl/α,β-unsaturated/α-hetero) is 2. The number of benzene rings is 1. The van der Waals surface area contributed by atoms with Crippen molar-refractivity contribution in [1.29, 1.82) is 0 Å². The van der Waals surface area contributed by atoms with E-state index < -0.39 is 58.0 Å². The number of hydrogen-bond acceptors (Lipinski definition) is 8. The third-order valence-electron chi connectivity index (χ3n) is 7.20. The van der Waals surface area contributed by atoms with E-state index in [0.29, 0.717) is 24.3 Å². The van der Waals surface area contributed by atoms with Gasteiger partial charge < -0.3 is 25.8 Å². The largest absolute Gasteiger partial charge is 0.510 e. The molecule has 0 heterocycles. The van der Waals surface area contributed by atoms with E-state index in [1.165, 1.54) is 0 Å². The molecule has 9 nitrogen and oxygen atoms in total. The molecule has 1 amide bonds. The summed E-state index contributed by atoms with van der Waals surface area (Å²) >= 11 is 0. The van der Waals surface area contributed by atoms with Crippen LogP contribution in [0.1, 0.15) is 42.1 Å². The number of unbranched alkanes of at least 4 members (excludes halogenated alkanes) is 1. The lowest BCUT2D eigenvalue weighted by atomic mass is 9.58. The fraction of sp³-hybridized carbons (Fsp3) is 0.480. The summed E-state index contributed by atoms with van der Waals surface area (Å²) in [4.78, 5) is 40.5. The number of carbonyl (C=O) groups is 3. The second kappa shape index (κ2) is 8.56. The third kappa shape index (κ3) is 3.33. The summed E-state index contributed by atoms with van der Waals surface area (Å²) in [5.74, 6) is -5.35. The zero-order valence-corrected chi connectivity index (χ0v) is 19.5. The maximum Gasteiger partial charge on any atom is 0.255 e. The van der Waals surface area contributed by atoms with Crippen LogP contribution in [0.5, 0.6) is 5.75 Å². The molecule has 0 aromatic heterocycles. The molecule has 0 fully saturated rings. The Morgan fingerprint density at radius 3 is 2.59 bits per heavy atom. The van der Waals surface area contributed by atoms with Gasteiger partial charge in [0.05, 0.1) is 18.2 Å². The number of ether oxygens (including phenoxy) is 1. The molecule has 0 aliphatic heterocycles. The number of aliphatic hydroxyl groups excluding tert-OH is 2. The number of carbonyl (C=O) groups excluding carboxylic acids is 3. The smallest absolute Gasteiger partial charge is 0.255 e. The number of likely N-dealkylation sites (N-methyl/N-ethyl adjacent to an activating group) is 1. The first kappa shape index (κ1) is 24.0. The van der Waals surface area contributed by atoms with E-state index in [4.69, 9.17) is 10.5 Å². The number of primary amides is 1. The van der Waals surface area contributed by atoms with E-state index in [-0.39, 0.29) is 12.0 Å². The minimum absolute atomic E-state index is 0.0612. The first-order valence-corrected chi connectivity index (χ1v) is 11.4. The van der Waals surface area contributed by atoms with Gasteiger partial charge in [0.15, 0.2) is 11.4 Å². The summed E-state index contributed by atoms with van der Waals surface area (Å²) in [7, 11) is 3.24. The van der Waals surface area contributed by atoms with Crippen LogP contribution in [0.15, 0.2) is 40.9 Å². The van der Waals surface area contributed by atoms with Crippen LogP contribution in [0.2, 0.25) is 0 Å². The van der Waals surface area contributed by atoms with Crippen molar-refractivity contribution in [1.82, 2.24) is 4.90 Å². The van der Waals surface area contributed by atoms with Crippen molar-refractivity contribution in [2.45, 2.75) is 44.2 Å². The molecule has 3 aliphatic carbocycles. The van der Waals surface area contributed by atoms with Gasteiger partial charge in [0.1, 0.15) is 22.8 Å². The van der Waals surface area contributed by atoms with Crippen LogP contribution < -0.4 is 10.5 Å². The van der Waals surface area contributed by atoms with Crippen molar-refractivity contribution in [3.8, 4) is 5.75 Å². The average molecular weight is 471 g/mol. The van der Waals surface area contributed by atoms with Gasteiger partial charge in [-0.2, -0.15) is 0 Å². The van der Waals surface area contributed by atoms with E-state index in [9.17, 15) is 29.7 Å².